The fourth-order valence-electron chi connectivity index (χ4n) is 5.14. The number of fused-ring (bicyclic) bond motifs is 1. The quantitative estimate of drug-likeness (QED) is 0.260. The fraction of sp³-hybridized carbons (Fsp3) is 0.242. The smallest absolute Gasteiger partial charge is 0.285 e. The molecule has 9 heteroatoms. The van der Waals surface area contributed by atoms with Gasteiger partial charge in [0.05, 0.1) is 36.2 Å². The largest absolute Gasteiger partial charge is 0.455 e. The van der Waals surface area contributed by atoms with E-state index in [2.05, 4.69) is 27.6 Å². The normalized spacial score (nSPS) is 15.0. The van der Waals surface area contributed by atoms with E-state index in [0.29, 0.717) is 18.1 Å². The fourth-order valence-corrected chi connectivity index (χ4v) is 5.14. The molecule has 1 aliphatic carbocycles. The van der Waals surface area contributed by atoms with Crippen LogP contribution in [-0.2, 0) is 11.3 Å². The van der Waals surface area contributed by atoms with Gasteiger partial charge in [-0.3, -0.25) is 19.2 Å². The molecule has 1 fully saturated rings. The summed E-state index contributed by atoms with van der Waals surface area (Å²) in [6, 6.07) is 19.9. The third-order valence-corrected chi connectivity index (χ3v) is 7.53. The molecule has 212 valence electrons. The molecule has 9 nitrogen and oxygen atoms in total. The van der Waals surface area contributed by atoms with E-state index < -0.39 is 23.8 Å². The predicted octanol–water partition coefficient (Wildman–Crippen LogP) is 5.33. The third kappa shape index (κ3) is 5.77. The van der Waals surface area contributed by atoms with Crippen LogP contribution in [0.3, 0.4) is 0 Å². The summed E-state index contributed by atoms with van der Waals surface area (Å²) in [5.74, 6) is -0.0764. The number of carbonyl (C=O) groups excluding carboxylic acids is 3. The summed E-state index contributed by atoms with van der Waals surface area (Å²) < 4.78 is 6.09. The highest BCUT2D eigenvalue weighted by molar-refractivity contribution is 6.20. The van der Waals surface area contributed by atoms with Crippen molar-refractivity contribution < 1.29 is 24.0 Å². The first kappa shape index (κ1) is 27.3. The van der Waals surface area contributed by atoms with Gasteiger partial charge in [-0.05, 0) is 80.0 Å². The van der Waals surface area contributed by atoms with Crippen molar-refractivity contribution in [1.82, 2.24) is 20.6 Å². The van der Waals surface area contributed by atoms with Gasteiger partial charge in [-0.2, -0.15) is 10.2 Å². The van der Waals surface area contributed by atoms with Crippen molar-refractivity contribution in [3.8, 4) is 11.5 Å². The Labute approximate surface area is 243 Å². The Morgan fingerprint density at radius 3 is 2.40 bits per heavy atom. The maximum atomic E-state index is 13.6. The Balaban J connectivity index is 1.22. The van der Waals surface area contributed by atoms with Crippen molar-refractivity contribution in [3.63, 3.8) is 0 Å². The first-order valence-corrected chi connectivity index (χ1v) is 13.9. The summed E-state index contributed by atoms with van der Waals surface area (Å²) in [5, 5.41) is 11.6. The first-order chi connectivity index (χ1) is 20.4. The SMILES string of the molecule is Cc1ccc(CC(CON2C(=O)c3ccccc3C2=O)NC(=O)c2cnncc2Oc2cccc(C3CC3)c2)c(C)c1. The molecule has 0 bridgehead atoms. The topological polar surface area (TPSA) is 111 Å². The molecule has 4 aromatic rings. The Morgan fingerprint density at radius 1 is 0.952 bits per heavy atom. The molecule has 1 aliphatic heterocycles. The average Bonchev–Trinajstić information content (AvgIpc) is 3.81. The molecule has 42 heavy (non-hydrogen) atoms. The summed E-state index contributed by atoms with van der Waals surface area (Å²) in [5.41, 5.74) is 5.15. The number of rotatable bonds is 10. The van der Waals surface area contributed by atoms with Gasteiger partial charge in [-0.25, -0.2) is 0 Å². The molecule has 6 rings (SSSR count). The number of benzene rings is 3. The monoisotopic (exact) mass is 562 g/mol. The maximum Gasteiger partial charge on any atom is 0.285 e. The van der Waals surface area contributed by atoms with Crippen LogP contribution in [0.2, 0.25) is 0 Å². The van der Waals surface area contributed by atoms with Gasteiger partial charge >= 0.3 is 0 Å². The molecular formula is C33H30N4O5. The lowest BCUT2D eigenvalue weighted by Gasteiger charge is -2.23. The van der Waals surface area contributed by atoms with Gasteiger partial charge in [0.2, 0.25) is 0 Å². The number of ether oxygens (including phenoxy) is 1. The highest BCUT2D eigenvalue weighted by Gasteiger charge is 2.37. The zero-order chi connectivity index (χ0) is 29.2. The molecular weight excluding hydrogens is 532 g/mol. The van der Waals surface area contributed by atoms with E-state index in [-0.39, 0.29) is 29.0 Å². The average molecular weight is 563 g/mol. The van der Waals surface area contributed by atoms with Crippen LogP contribution in [-0.4, -0.2) is 45.6 Å². The lowest BCUT2D eigenvalue weighted by atomic mass is 9.99. The van der Waals surface area contributed by atoms with Gasteiger partial charge in [0, 0.05) is 0 Å². The second kappa shape index (κ2) is 11.5. The molecule has 1 aromatic heterocycles. The number of amides is 3. The summed E-state index contributed by atoms with van der Waals surface area (Å²) >= 11 is 0. The number of carbonyl (C=O) groups is 3. The van der Waals surface area contributed by atoms with Crippen molar-refractivity contribution in [2.24, 2.45) is 0 Å². The number of nitrogens with one attached hydrogen (secondary N) is 1. The van der Waals surface area contributed by atoms with Crippen LogP contribution in [0.25, 0.3) is 0 Å². The molecule has 1 saturated carbocycles. The second-order valence-corrected chi connectivity index (χ2v) is 10.8. The van der Waals surface area contributed by atoms with E-state index in [1.165, 1.54) is 30.8 Å². The summed E-state index contributed by atoms with van der Waals surface area (Å²) in [6.45, 7) is 3.89. The van der Waals surface area contributed by atoms with E-state index in [9.17, 15) is 14.4 Å². The van der Waals surface area contributed by atoms with Crippen molar-refractivity contribution >= 4 is 17.7 Å². The molecule has 3 aromatic carbocycles. The van der Waals surface area contributed by atoms with Crippen LogP contribution in [0, 0.1) is 13.8 Å². The zero-order valence-corrected chi connectivity index (χ0v) is 23.4. The molecule has 2 aliphatic rings. The Bertz CT molecular complexity index is 1650. The highest BCUT2D eigenvalue weighted by atomic mass is 16.7. The van der Waals surface area contributed by atoms with E-state index in [1.807, 2.05) is 44.2 Å². The second-order valence-electron chi connectivity index (χ2n) is 10.8. The van der Waals surface area contributed by atoms with Crippen molar-refractivity contribution in [1.29, 1.82) is 0 Å². The number of aryl methyl sites for hydroxylation is 2. The lowest BCUT2D eigenvalue weighted by Crippen LogP contribution is -2.43. The van der Waals surface area contributed by atoms with Crippen LogP contribution >= 0.6 is 0 Å². The van der Waals surface area contributed by atoms with E-state index >= 15 is 0 Å². The van der Waals surface area contributed by atoms with Crippen molar-refractivity contribution in [2.45, 2.75) is 45.1 Å². The van der Waals surface area contributed by atoms with E-state index in [0.717, 1.165) is 21.8 Å². The van der Waals surface area contributed by atoms with Gasteiger partial charge in [-0.15, -0.1) is 5.06 Å². The Kier molecular flexibility index (Phi) is 7.50. The third-order valence-electron chi connectivity index (χ3n) is 7.53. The van der Waals surface area contributed by atoms with Crippen molar-refractivity contribution in [2.75, 3.05) is 6.61 Å². The van der Waals surface area contributed by atoms with Gasteiger partial charge in [-0.1, -0.05) is 48.0 Å². The molecule has 0 radical (unpaired) electrons. The van der Waals surface area contributed by atoms with Gasteiger partial charge in [0.25, 0.3) is 17.7 Å². The van der Waals surface area contributed by atoms with Crippen LogP contribution < -0.4 is 10.1 Å². The molecule has 1 unspecified atom stereocenters. The number of aromatic nitrogens is 2. The predicted molar refractivity (Wildman–Crippen MR) is 154 cm³/mol. The molecule has 1 atom stereocenters. The minimum Gasteiger partial charge on any atom is -0.455 e. The molecule has 2 heterocycles. The van der Waals surface area contributed by atoms with E-state index in [1.54, 1.807) is 24.3 Å². The Hall–Kier alpha value is -4.89. The number of hydrogen-bond donors (Lipinski definition) is 1. The molecule has 3 amide bonds. The minimum absolute atomic E-state index is 0.122. The van der Waals surface area contributed by atoms with Gasteiger partial charge in [0.1, 0.15) is 11.3 Å². The van der Waals surface area contributed by atoms with Crippen molar-refractivity contribution in [3.05, 3.63) is 118 Å². The number of hydrogen-bond acceptors (Lipinski definition) is 7. The highest BCUT2D eigenvalue weighted by Crippen LogP contribution is 2.41. The summed E-state index contributed by atoms with van der Waals surface area (Å²) in [7, 11) is 0. The Morgan fingerprint density at radius 2 is 1.69 bits per heavy atom. The maximum absolute atomic E-state index is 13.6. The van der Waals surface area contributed by atoms with Crippen LogP contribution in [0.5, 0.6) is 11.5 Å². The van der Waals surface area contributed by atoms with Gasteiger partial charge in [0.15, 0.2) is 5.75 Å². The van der Waals surface area contributed by atoms with Crippen LogP contribution in [0.4, 0.5) is 0 Å². The van der Waals surface area contributed by atoms with Gasteiger partial charge < -0.3 is 10.1 Å². The standard InChI is InChI=1S/C33H30N4O5/c1-20-10-11-23(21(2)14-20)15-25(19-41-37-32(39)27-8-3-4-9-28(27)33(37)40)36-31(38)29-17-34-35-18-30(29)42-26-7-5-6-24(16-26)22-12-13-22/h3-11,14,16-18,22,25H,12-13,15,19H2,1-2H3,(H,36,38). The summed E-state index contributed by atoms with van der Waals surface area (Å²) in [4.78, 5) is 45.1. The molecule has 0 spiro atoms. The number of imide groups is 1. The number of hydroxylamine groups is 2. The van der Waals surface area contributed by atoms with Crippen LogP contribution in [0.15, 0.2) is 79.1 Å². The van der Waals surface area contributed by atoms with E-state index in [4.69, 9.17) is 9.57 Å². The first-order valence-electron chi connectivity index (χ1n) is 13.9. The molecule has 1 N–H and O–H groups in total. The number of nitrogens with zero attached hydrogens (tertiary/aromatic N) is 3. The zero-order valence-electron chi connectivity index (χ0n) is 23.4. The molecule has 0 saturated heterocycles. The van der Waals surface area contributed by atoms with Crippen LogP contribution in [0.1, 0.15) is 72.1 Å². The lowest BCUT2D eigenvalue weighted by molar-refractivity contribution is -0.0968. The summed E-state index contributed by atoms with van der Waals surface area (Å²) in [6.07, 6.45) is 5.50. The minimum atomic E-state index is -0.595.